The summed E-state index contributed by atoms with van der Waals surface area (Å²) >= 11 is 0. The molecule has 0 saturated heterocycles. The molecule has 0 aliphatic carbocycles. The lowest BCUT2D eigenvalue weighted by atomic mass is 9.79. The Hall–Kier alpha value is -4.69. The molecule has 3 nitrogen and oxygen atoms in total. The standard InChI is InChI=1S/C44H46O3Si2/c1-31-25-27-39(33(3)41(31)45-37-21-13-7-14-22-37)43(29-48,35-17-9-5-10-18-35)47-44(30-49,36-19-11-6-12-20-36)40-28-26-32(2)42(34(40)4)46-38-23-15-8-16-24-38/h5-28H,29-30H2,1-4,48-49H3. The Balaban J connectivity index is 1.60. The Morgan fingerprint density at radius 3 is 1.08 bits per heavy atom. The molecule has 248 valence electrons. The largest absolute Gasteiger partial charge is 0.457 e. The molecule has 5 heteroatoms. The van der Waals surface area contributed by atoms with Crippen LogP contribution in [0.25, 0.3) is 0 Å². The predicted octanol–water partition coefficient (Wildman–Crippen LogP) is 9.28. The van der Waals surface area contributed by atoms with Crippen LogP contribution in [0.2, 0.25) is 12.1 Å². The highest BCUT2D eigenvalue weighted by molar-refractivity contribution is 6.10. The minimum absolute atomic E-state index is 0.752. The average molecular weight is 679 g/mol. The number of rotatable bonds is 12. The van der Waals surface area contributed by atoms with Gasteiger partial charge >= 0.3 is 0 Å². The number of hydrogen-bond donors (Lipinski definition) is 0. The van der Waals surface area contributed by atoms with Crippen LogP contribution in [0.15, 0.2) is 146 Å². The quantitative estimate of drug-likeness (QED) is 0.121. The lowest BCUT2D eigenvalue weighted by Crippen LogP contribution is -2.43. The molecule has 0 saturated carbocycles. The summed E-state index contributed by atoms with van der Waals surface area (Å²) in [4.78, 5) is 0. The number of aryl methyl sites for hydroxylation is 2. The molecule has 6 aromatic carbocycles. The van der Waals surface area contributed by atoms with Crippen LogP contribution in [0.3, 0.4) is 0 Å². The number of ether oxygens (including phenoxy) is 3. The normalized spacial score (nSPS) is 13.8. The van der Waals surface area contributed by atoms with Crippen LogP contribution in [0.5, 0.6) is 23.0 Å². The summed E-state index contributed by atoms with van der Waals surface area (Å²) in [5.74, 6) is 3.40. The van der Waals surface area contributed by atoms with Gasteiger partial charge in [-0.2, -0.15) is 0 Å². The van der Waals surface area contributed by atoms with Crippen LogP contribution >= 0.6 is 0 Å². The Bertz CT molecular complexity index is 1850. The summed E-state index contributed by atoms with van der Waals surface area (Å²) in [6.45, 7) is 8.62. The van der Waals surface area contributed by atoms with Gasteiger partial charge in [0.15, 0.2) is 0 Å². The highest BCUT2D eigenvalue weighted by atomic mass is 28.1. The molecule has 0 amide bonds. The molecule has 0 aliphatic heterocycles. The van der Waals surface area contributed by atoms with Gasteiger partial charge in [0.2, 0.25) is 0 Å². The maximum Gasteiger partial charge on any atom is 0.133 e. The van der Waals surface area contributed by atoms with Crippen LogP contribution in [0.1, 0.15) is 44.5 Å². The van der Waals surface area contributed by atoms with E-state index in [9.17, 15) is 0 Å². The SMILES string of the molecule is Cc1ccc(C(C[SiH3])(OC(C[SiH3])(c2ccccc2)c2ccc(C)c(Oc3ccccc3)c2C)c2ccccc2)c(C)c1Oc1ccccc1. The Morgan fingerprint density at radius 1 is 0.429 bits per heavy atom. The van der Waals surface area contributed by atoms with E-state index in [4.69, 9.17) is 14.2 Å². The van der Waals surface area contributed by atoms with Gasteiger partial charge in [0.05, 0.1) is 0 Å². The lowest BCUT2D eigenvalue weighted by molar-refractivity contribution is -0.106. The van der Waals surface area contributed by atoms with Crippen molar-refractivity contribution in [3.05, 3.63) is 190 Å². The summed E-state index contributed by atoms with van der Waals surface area (Å²) in [6.07, 6.45) is 0. The first-order chi connectivity index (χ1) is 23.8. The molecule has 49 heavy (non-hydrogen) atoms. The van der Waals surface area contributed by atoms with Gasteiger partial charge in [-0.15, -0.1) is 0 Å². The molecule has 6 rings (SSSR count). The van der Waals surface area contributed by atoms with E-state index in [0.717, 1.165) is 100 Å². The summed E-state index contributed by atoms with van der Waals surface area (Å²) in [6, 6.07) is 52.3. The molecule has 0 radical (unpaired) electrons. The van der Waals surface area contributed by atoms with Gasteiger partial charge in [0, 0.05) is 20.5 Å². The van der Waals surface area contributed by atoms with Gasteiger partial charge in [-0.05, 0) is 109 Å². The molecule has 6 aromatic rings. The molecule has 0 fully saturated rings. The van der Waals surface area contributed by atoms with E-state index in [2.05, 4.69) is 113 Å². The highest BCUT2D eigenvalue weighted by Gasteiger charge is 2.46. The van der Waals surface area contributed by atoms with Crippen LogP contribution < -0.4 is 9.47 Å². The molecule has 2 unspecified atom stereocenters. The van der Waals surface area contributed by atoms with Crippen molar-refractivity contribution in [3.63, 3.8) is 0 Å². The molecular formula is C44H46O3Si2. The van der Waals surface area contributed by atoms with Crippen LogP contribution in [0, 0.1) is 27.7 Å². The fourth-order valence-electron chi connectivity index (χ4n) is 7.24. The molecule has 0 spiro atoms. The molecule has 0 bridgehead atoms. The van der Waals surface area contributed by atoms with Crippen molar-refractivity contribution in [3.8, 4) is 23.0 Å². The molecule has 2 atom stereocenters. The van der Waals surface area contributed by atoms with Crippen LogP contribution in [-0.4, -0.2) is 20.5 Å². The van der Waals surface area contributed by atoms with Crippen molar-refractivity contribution in [2.75, 3.05) is 0 Å². The second kappa shape index (κ2) is 14.8. The van der Waals surface area contributed by atoms with Crippen molar-refractivity contribution >= 4 is 20.5 Å². The zero-order valence-corrected chi connectivity index (χ0v) is 33.5. The summed E-state index contributed by atoms with van der Waals surface area (Å²) in [5, 5.41) is 0. The fourth-order valence-corrected chi connectivity index (χ4v) is 9.11. The topological polar surface area (TPSA) is 27.7 Å². The van der Waals surface area contributed by atoms with Gasteiger partial charge in [-0.1, -0.05) is 121 Å². The van der Waals surface area contributed by atoms with Crippen LogP contribution in [-0.2, 0) is 15.9 Å². The zero-order chi connectivity index (χ0) is 34.4. The smallest absolute Gasteiger partial charge is 0.133 e. The number of benzene rings is 6. The van der Waals surface area contributed by atoms with E-state index in [1.54, 1.807) is 0 Å². The first-order valence-corrected chi connectivity index (χ1v) is 20.1. The van der Waals surface area contributed by atoms with E-state index >= 15 is 0 Å². The number of para-hydroxylation sites is 2. The lowest BCUT2D eigenvalue weighted by Gasteiger charge is -2.46. The molecule has 0 aromatic heterocycles. The zero-order valence-electron chi connectivity index (χ0n) is 29.5. The van der Waals surface area contributed by atoms with Crippen molar-refractivity contribution < 1.29 is 14.2 Å². The minimum atomic E-state index is -0.752. The van der Waals surface area contributed by atoms with Crippen molar-refractivity contribution in [2.24, 2.45) is 0 Å². The van der Waals surface area contributed by atoms with E-state index in [0.29, 0.717) is 0 Å². The Morgan fingerprint density at radius 2 is 0.755 bits per heavy atom. The summed E-state index contributed by atoms with van der Waals surface area (Å²) in [7, 11) is 1.81. The Labute approximate surface area is 297 Å². The maximum atomic E-state index is 8.08. The third-order valence-electron chi connectivity index (χ3n) is 9.83. The average Bonchev–Trinajstić information content (AvgIpc) is 3.15. The van der Waals surface area contributed by atoms with Gasteiger partial charge in [0.25, 0.3) is 0 Å². The van der Waals surface area contributed by atoms with Crippen LogP contribution in [0.4, 0.5) is 0 Å². The van der Waals surface area contributed by atoms with E-state index in [1.165, 1.54) is 0 Å². The Kier molecular flexibility index (Phi) is 10.3. The fraction of sp³-hybridized carbons (Fsp3) is 0.182. The van der Waals surface area contributed by atoms with E-state index in [-0.39, 0.29) is 0 Å². The minimum Gasteiger partial charge on any atom is -0.457 e. The maximum absolute atomic E-state index is 8.08. The third kappa shape index (κ3) is 6.67. The first-order valence-electron chi connectivity index (χ1n) is 17.3. The predicted molar refractivity (Wildman–Crippen MR) is 210 cm³/mol. The summed E-state index contributed by atoms with van der Waals surface area (Å²) in [5.41, 5.74) is 7.41. The van der Waals surface area contributed by atoms with E-state index < -0.39 is 11.2 Å². The molecular weight excluding hydrogens is 633 g/mol. The van der Waals surface area contributed by atoms with Gasteiger partial charge < -0.3 is 14.2 Å². The number of hydrogen-bond acceptors (Lipinski definition) is 3. The van der Waals surface area contributed by atoms with E-state index in [1.807, 2.05) is 60.7 Å². The molecule has 0 heterocycles. The van der Waals surface area contributed by atoms with Gasteiger partial charge in [-0.25, -0.2) is 0 Å². The molecule has 0 N–H and O–H groups in total. The van der Waals surface area contributed by atoms with Gasteiger partial charge in [-0.3, -0.25) is 0 Å². The monoisotopic (exact) mass is 678 g/mol. The van der Waals surface area contributed by atoms with Crippen molar-refractivity contribution in [1.29, 1.82) is 0 Å². The van der Waals surface area contributed by atoms with Crippen molar-refractivity contribution in [1.82, 2.24) is 0 Å². The highest BCUT2D eigenvalue weighted by Crippen LogP contribution is 2.51. The third-order valence-corrected chi connectivity index (χ3v) is 11.8. The summed E-state index contributed by atoms with van der Waals surface area (Å²) < 4.78 is 21.3. The second-order valence-electron chi connectivity index (χ2n) is 12.8. The molecule has 0 aliphatic rings. The van der Waals surface area contributed by atoms with Crippen molar-refractivity contribution in [2.45, 2.75) is 51.0 Å². The van der Waals surface area contributed by atoms with Gasteiger partial charge in [0.1, 0.15) is 34.2 Å². The first kappa shape index (κ1) is 34.2. The second-order valence-corrected chi connectivity index (χ2v) is 14.2.